The molecule has 10 heteroatoms. The Morgan fingerprint density at radius 2 is 2.12 bits per heavy atom. The van der Waals surface area contributed by atoms with Crippen LogP contribution in [-0.4, -0.2) is 44.1 Å². The quantitative estimate of drug-likeness (QED) is 0.472. The topological polar surface area (TPSA) is 85.1 Å². The molecule has 2 N–H and O–H groups in total. The summed E-state index contributed by atoms with van der Waals surface area (Å²) in [7, 11) is 0. The number of aliphatic hydroxyl groups excluding tert-OH is 1. The largest absolute Gasteiger partial charge is 0.491 e. The number of thiophene rings is 1. The Hall–Kier alpha value is -3.37. The molecule has 3 aromatic heterocycles. The van der Waals surface area contributed by atoms with Crippen molar-refractivity contribution in [3.8, 4) is 32.7 Å². The highest BCUT2D eigenvalue weighted by Gasteiger charge is 2.24. The number of benzene rings is 1. The Morgan fingerprint density at radius 3 is 2.94 bits per heavy atom. The van der Waals surface area contributed by atoms with Crippen molar-refractivity contribution in [2.75, 3.05) is 18.5 Å². The summed E-state index contributed by atoms with van der Waals surface area (Å²) in [6.45, 7) is 2.57. The highest BCUT2D eigenvalue weighted by Crippen LogP contribution is 2.43. The smallest absolute Gasteiger partial charge is 0.173 e. The van der Waals surface area contributed by atoms with Crippen LogP contribution in [0, 0.1) is 11.6 Å². The average Bonchev–Trinajstić information content (AvgIpc) is 3.36. The van der Waals surface area contributed by atoms with Gasteiger partial charge in [0.05, 0.1) is 22.5 Å². The molecule has 0 radical (unpaired) electrons. The lowest BCUT2D eigenvalue weighted by Gasteiger charge is -2.11. The molecule has 0 saturated heterocycles. The number of hydrogen-bond donors (Lipinski definition) is 2. The van der Waals surface area contributed by atoms with Gasteiger partial charge < -0.3 is 15.2 Å². The van der Waals surface area contributed by atoms with Gasteiger partial charge in [0.25, 0.3) is 0 Å². The summed E-state index contributed by atoms with van der Waals surface area (Å²) < 4.78 is 35.0. The maximum atomic E-state index is 14.4. The van der Waals surface area contributed by atoms with Crippen LogP contribution < -0.4 is 10.1 Å². The van der Waals surface area contributed by atoms with E-state index < -0.39 is 17.7 Å². The molecule has 0 bridgehead atoms. The third kappa shape index (κ3) is 3.82. The van der Waals surface area contributed by atoms with Crippen molar-refractivity contribution in [1.82, 2.24) is 19.7 Å². The first-order valence-corrected chi connectivity index (χ1v) is 10.9. The van der Waals surface area contributed by atoms with Crippen molar-refractivity contribution < 1.29 is 18.6 Å². The second-order valence-electron chi connectivity index (χ2n) is 7.43. The maximum absolute atomic E-state index is 14.4. The minimum Gasteiger partial charge on any atom is -0.491 e. The molecule has 164 valence electrons. The van der Waals surface area contributed by atoms with Gasteiger partial charge in [0.1, 0.15) is 35.1 Å². The molecule has 0 fully saturated rings. The second kappa shape index (κ2) is 8.29. The fourth-order valence-corrected chi connectivity index (χ4v) is 4.70. The van der Waals surface area contributed by atoms with Crippen molar-refractivity contribution in [2.45, 2.75) is 19.4 Å². The van der Waals surface area contributed by atoms with Crippen molar-refractivity contribution in [1.29, 1.82) is 0 Å². The molecule has 1 aromatic carbocycles. The third-order valence-corrected chi connectivity index (χ3v) is 6.18. The second-order valence-corrected chi connectivity index (χ2v) is 8.48. The first kappa shape index (κ1) is 20.5. The van der Waals surface area contributed by atoms with E-state index in [9.17, 15) is 13.9 Å². The molecule has 5 rings (SSSR count). The number of nitrogens with zero attached hydrogens (tertiary/aromatic N) is 4. The summed E-state index contributed by atoms with van der Waals surface area (Å²) in [6, 6.07) is 9.01. The number of rotatable bonds is 5. The average molecular weight is 455 g/mol. The van der Waals surface area contributed by atoms with Crippen LogP contribution in [0.5, 0.6) is 5.75 Å². The number of aromatic nitrogens is 4. The maximum Gasteiger partial charge on any atom is 0.173 e. The van der Waals surface area contributed by atoms with Crippen LogP contribution in [0.4, 0.5) is 14.6 Å². The zero-order valence-corrected chi connectivity index (χ0v) is 17.9. The molecule has 0 spiro atoms. The molecule has 1 aliphatic heterocycles. The van der Waals surface area contributed by atoms with Crippen molar-refractivity contribution in [2.24, 2.45) is 0 Å². The molecule has 1 unspecified atom stereocenters. The number of aliphatic hydroxyl groups is 1. The number of hydrogen-bond acceptors (Lipinski definition) is 7. The Labute approximate surface area is 186 Å². The van der Waals surface area contributed by atoms with Crippen LogP contribution in [0.15, 0.2) is 42.7 Å². The van der Waals surface area contributed by atoms with Gasteiger partial charge in [-0.15, -0.1) is 11.3 Å². The SMILES string of the molecule is CC(O)CNc1ccc2c(n1)-c1sc(-c3ncnn3-c3ccc(F)cc3F)cc1CCO2. The first-order chi connectivity index (χ1) is 15.5. The van der Waals surface area contributed by atoms with Crippen LogP contribution >= 0.6 is 11.3 Å². The minimum absolute atomic E-state index is 0.119. The molecule has 4 aromatic rings. The van der Waals surface area contributed by atoms with Crippen LogP contribution in [0.1, 0.15) is 12.5 Å². The van der Waals surface area contributed by atoms with Gasteiger partial charge in [-0.05, 0) is 42.8 Å². The standard InChI is InChI=1S/C22H19F2N5O2S/c1-12(30)10-25-19-5-4-17-20(28-19)21-13(6-7-31-17)8-18(32-21)22-26-11-27-29(22)16-3-2-14(23)9-15(16)24/h2-5,8-9,11-12,30H,6-7,10H2,1H3,(H,25,28). The lowest BCUT2D eigenvalue weighted by Crippen LogP contribution is -2.16. The van der Waals surface area contributed by atoms with Crippen molar-refractivity contribution in [3.63, 3.8) is 0 Å². The number of nitrogens with one attached hydrogen (secondary N) is 1. The zero-order chi connectivity index (χ0) is 22.2. The summed E-state index contributed by atoms with van der Waals surface area (Å²) in [6.07, 6.45) is 1.52. The number of fused-ring (bicyclic) bond motifs is 3. The number of halogens is 2. The molecule has 0 aliphatic carbocycles. The molecule has 4 heterocycles. The summed E-state index contributed by atoms with van der Waals surface area (Å²) in [5.74, 6) is 0.389. The molecule has 0 amide bonds. The van der Waals surface area contributed by atoms with Crippen molar-refractivity contribution >= 4 is 17.2 Å². The van der Waals surface area contributed by atoms with Gasteiger partial charge in [0.2, 0.25) is 0 Å². The van der Waals surface area contributed by atoms with E-state index in [0.29, 0.717) is 42.7 Å². The highest BCUT2D eigenvalue weighted by atomic mass is 32.1. The van der Waals surface area contributed by atoms with E-state index in [4.69, 9.17) is 9.72 Å². The first-order valence-electron chi connectivity index (χ1n) is 10.0. The van der Waals surface area contributed by atoms with Gasteiger partial charge in [-0.1, -0.05) is 0 Å². The Bertz CT molecular complexity index is 1290. The third-order valence-electron chi connectivity index (χ3n) is 5.00. The molecule has 7 nitrogen and oxygen atoms in total. The predicted octanol–water partition coefficient (Wildman–Crippen LogP) is 4.06. The van der Waals surface area contributed by atoms with Gasteiger partial charge in [-0.2, -0.15) is 5.10 Å². The van der Waals surface area contributed by atoms with E-state index in [1.165, 1.54) is 34.5 Å². The van der Waals surface area contributed by atoms with Crippen molar-refractivity contribution in [3.05, 3.63) is 59.9 Å². The van der Waals surface area contributed by atoms with Gasteiger partial charge in [-0.25, -0.2) is 23.4 Å². The minimum atomic E-state index is -0.718. The summed E-state index contributed by atoms with van der Waals surface area (Å²) >= 11 is 1.46. The number of pyridine rings is 1. The van der Waals surface area contributed by atoms with Crippen LogP contribution in [0.2, 0.25) is 0 Å². The highest BCUT2D eigenvalue weighted by molar-refractivity contribution is 7.19. The summed E-state index contributed by atoms with van der Waals surface area (Å²) in [4.78, 5) is 10.7. The lowest BCUT2D eigenvalue weighted by molar-refractivity contribution is 0.208. The predicted molar refractivity (Wildman–Crippen MR) is 117 cm³/mol. The fourth-order valence-electron chi connectivity index (χ4n) is 3.51. The zero-order valence-electron chi connectivity index (χ0n) is 17.0. The number of ether oxygens (including phenoxy) is 1. The molecular formula is C22H19F2N5O2S. The molecule has 32 heavy (non-hydrogen) atoms. The van der Waals surface area contributed by atoms with E-state index in [1.807, 2.05) is 18.2 Å². The van der Waals surface area contributed by atoms with E-state index in [-0.39, 0.29) is 5.69 Å². The number of anilines is 1. The lowest BCUT2D eigenvalue weighted by atomic mass is 10.1. The normalized spacial score (nSPS) is 13.6. The molecule has 1 aliphatic rings. The Balaban J connectivity index is 1.56. The van der Waals surface area contributed by atoms with E-state index in [1.54, 1.807) is 6.92 Å². The van der Waals surface area contributed by atoms with Crippen LogP contribution in [-0.2, 0) is 6.42 Å². The summed E-state index contributed by atoms with van der Waals surface area (Å²) in [5.41, 5.74) is 1.86. The van der Waals surface area contributed by atoms with Crippen LogP contribution in [0.25, 0.3) is 27.0 Å². The van der Waals surface area contributed by atoms with Gasteiger partial charge >= 0.3 is 0 Å². The Kier molecular flexibility index (Phi) is 5.32. The van der Waals surface area contributed by atoms with Gasteiger partial charge in [-0.3, -0.25) is 0 Å². The van der Waals surface area contributed by atoms with Crippen LogP contribution in [0.3, 0.4) is 0 Å². The molecule has 1 atom stereocenters. The monoisotopic (exact) mass is 455 g/mol. The molecular weight excluding hydrogens is 436 g/mol. The van der Waals surface area contributed by atoms with Gasteiger partial charge in [0, 0.05) is 19.0 Å². The molecule has 0 saturated carbocycles. The van der Waals surface area contributed by atoms with Gasteiger partial charge in [0.15, 0.2) is 11.6 Å². The van der Waals surface area contributed by atoms with E-state index in [0.717, 1.165) is 21.4 Å². The summed E-state index contributed by atoms with van der Waals surface area (Å²) in [5, 5.41) is 16.8. The Morgan fingerprint density at radius 1 is 1.25 bits per heavy atom. The van der Waals surface area contributed by atoms with E-state index >= 15 is 0 Å². The fraction of sp³-hybridized carbons (Fsp3) is 0.227. The van der Waals surface area contributed by atoms with E-state index in [2.05, 4.69) is 15.4 Å².